The molecular formula is C16H25NO3. The molecule has 1 aliphatic rings. The Balaban J connectivity index is 2.01. The summed E-state index contributed by atoms with van der Waals surface area (Å²) in [4.78, 5) is 2.31. The van der Waals surface area contributed by atoms with E-state index in [0.717, 1.165) is 37.2 Å². The number of likely N-dealkylation sites (tertiary alicyclic amines) is 1. The van der Waals surface area contributed by atoms with Crippen molar-refractivity contribution >= 4 is 0 Å². The smallest absolute Gasteiger partial charge is 0.118 e. The van der Waals surface area contributed by atoms with E-state index in [9.17, 15) is 5.11 Å². The van der Waals surface area contributed by atoms with E-state index in [0.29, 0.717) is 0 Å². The van der Waals surface area contributed by atoms with Crippen LogP contribution >= 0.6 is 0 Å². The van der Waals surface area contributed by atoms with Gasteiger partial charge in [-0.25, -0.2) is 0 Å². The largest absolute Gasteiger partial charge is 0.497 e. The number of methoxy groups -OCH3 is 2. The van der Waals surface area contributed by atoms with E-state index >= 15 is 0 Å². The molecule has 20 heavy (non-hydrogen) atoms. The maximum Gasteiger partial charge on any atom is 0.118 e. The van der Waals surface area contributed by atoms with Gasteiger partial charge in [0.05, 0.1) is 19.3 Å². The van der Waals surface area contributed by atoms with Crippen LogP contribution in [0.1, 0.15) is 31.4 Å². The molecule has 112 valence electrons. The average Bonchev–Trinajstić information content (AvgIpc) is 2.53. The van der Waals surface area contributed by atoms with Crippen molar-refractivity contribution in [2.45, 2.75) is 38.0 Å². The Labute approximate surface area is 121 Å². The van der Waals surface area contributed by atoms with Crippen LogP contribution in [0.3, 0.4) is 0 Å². The van der Waals surface area contributed by atoms with E-state index in [2.05, 4.69) is 11.8 Å². The summed E-state index contributed by atoms with van der Waals surface area (Å²) in [7, 11) is 3.41. The molecule has 1 aromatic carbocycles. The number of hydrogen-bond acceptors (Lipinski definition) is 4. The first-order chi connectivity index (χ1) is 9.65. The zero-order chi connectivity index (χ0) is 14.5. The highest BCUT2D eigenvalue weighted by Crippen LogP contribution is 2.25. The highest BCUT2D eigenvalue weighted by Gasteiger charge is 2.28. The molecule has 1 N–H and O–H groups in total. The summed E-state index contributed by atoms with van der Waals surface area (Å²) in [5.74, 6) is 0.811. The summed E-state index contributed by atoms with van der Waals surface area (Å²) < 4.78 is 10.6. The van der Waals surface area contributed by atoms with E-state index in [-0.39, 0.29) is 12.1 Å². The Morgan fingerprint density at radius 3 is 2.55 bits per heavy atom. The fourth-order valence-corrected chi connectivity index (χ4v) is 2.81. The summed E-state index contributed by atoms with van der Waals surface area (Å²) in [5, 5.41) is 10.5. The van der Waals surface area contributed by atoms with Crippen LogP contribution in [0.2, 0.25) is 0 Å². The maximum absolute atomic E-state index is 10.5. The summed E-state index contributed by atoms with van der Waals surface area (Å²) in [6.07, 6.45) is 2.03. The fraction of sp³-hybridized carbons (Fsp3) is 0.625. The first kappa shape index (κ1) is 15.3. The van der Waals surface area contributed by atoms with Crippen LogP contribution in [0.15, 0.2) is 24.3 Å². The predicted molar refractivity (Wildman–Crippen MR) is 79.0 cm³/mol. The van der Waals surface area contributed by atoms with E-state index in [1.807, 2.05) is 24.3 Å². The lowest BCUT2D eigenvalue weighted by atomic mass is 9.99. The van der Waals surface area contributed by atoms with Gasteiger partial charge in [-0.15, -0.1) is 0 Å². The Morgan fingerprint density at radius 2 is 1.95 bits per heavy atom. The summed E-state index contributed by atoms with van der Waals surface area (Å²) in [6, 6.07) is 7.72. The van der Waals surface area contributed by atoms with Gasteiger partial charge in [0.25, 0.3) is 0 Å². The molecular weight excluding hydrogens is 254 g/mol. The van der Waals surface area contributed by atoms with Crippen LogP contribution in [0, 0.1) is 0 Å². The van der Waals surface area contributed by atoms with E-state index < -0.39 is 6.10 Å². The fourth-order valence-electron chi connectivity index (χ4n) is 2.81. The third-order valence-corrected chi connectivity index (χ3v) is 4.23. The lowest BCUT2D eigenvalue weighted by Gasteiger charge is -2.38. The average molecular weight is 279 g/mol. The van der Waals surface area contributed by atoms with Gasteiger partial charge in [-0.1, -0.05) is 12.1 Å². The molecule has 0 aromatic heterocycles. The first-order valence-electron chi connectivity index (χ1n) is 7.24. The van der Waals surface area contributed by atoms with Crippen molar-refractivity contribution in [2.75, 3.05) is 27.3 Å². The maximum atomic E-state index is 10.5. The van der Waals surface area contributed by atoms with Crippen LogP contribution in [0.4, 0.5) is 0 Å². The van der Waals surface area contributed by atoms with Crippen molar-refractivity contribution in [1.29, 1.82) is 0 Å². The van der Waals surface area contributed by atoms with Gasteiger partial charge in [-0.3, -0.25) is 4.90 Å². The second-order valence-corrected chi connectivity index (χ2v) is 5.45. The molecule has 3 unspecified atom stereocenters. The van der Waals surface area contributed by atoms with Crippen molar-refractivity contribution in [2.24, 2.45) is 0 Å². The number of benzene rings is 1. The number of aliphatic hydroxyl groups excluding tert-OH is 1. The molecule has 0 radical (unpaired) electrons. The monoisotopic (exact) mass is 279 g/mol. The minimum atomic E-state index is -0.489. The van der Waals surface area contributed by atoms with Gasteiger partial charge in [0.15, 0.2) is 0 Å². The van der Waals surface area contributed by atoms with Gasteiger partial charge in [0.2, 0.25) is 0 Å². The lowest BCUT2D eigenvalue weighted by Crippen LogP contribution is -2.46. The van der Waals surface area contributed by atoms with Crippen LogP contribution in [-0.4, -0.2) is 49.5 Å². The summed E-state index contributed by atoms with van der Waals surface area (Å²) >= 11 is 0. The van der Waals surface area contributed by atoms with Crippen molar-refractivity contribution < 1.29 is 14.6 Å². The number of piperidine rings is 1. The van der Waals surface area contributed by atoms with Crippen LogP contribution in [0.5, 0.6) is 5.75 Å². The number of aliphatic hydroxyl groups is 1. The quantitative estimate of drug-likeness (QED) is 0.897. The molecule has 1 aliphatic heterocycles. The van der Waals surface area contributed by atoms with Gasteiger partial charge in [-0.05, 0) is 44.0 Å². The van der Waals surface area contributed by atoms with Gasteiger partial charge < -0.3 is 14.6 Å². The lowest BCUT2D eigenvalue weighted by molar-refractivity contribution is -0.0147. The first-order valence-corrected chi connectivity index (χ1v) is 7.24. The zero-order valence-electron chi connectivity index (χ0n) is 12.6. The number of ether oxygens (including phenoxy) is 2. The van der Waals surface area contributed by atoms with Crippen molar-refractivity contribution in [3.8, 4) is 5.75 Å². The molecule has 0 spiro atoms. The molecule has 1 saturated heterocycles. The molecule has 4 nitrogen and oxygen atoms in total. The Bertz CT molecular complexity index is 407. The third kappa shape index (κ3) is 3.51. The molecule has 2 rings (SSSR count). The summed E-state index contributed by atoms with van der Waals surface area (Å²) in [6.45, 7) is 3.99. The second-order valence-electron chi connectivity index (χ2n) is 5.45. The Morgan fingerprint density at radius 1 is 1.25 bits per heavy atom. The molecule has 1 fully saturated rings. The second kappa shape index (κ2) is 7.07. The molecule has 1 aromatic rings. The topological polar surface area (TPSA) is 41.9 Å². The normalized spacial score (nSPS) is 23.3. The van der Waals surface area contributed by atoms with E-state index in [4.69, 9.17) is 9.47 Å². The molecule has 1 heterocycles. The van der Waals surface area contributed by atoms with Gasteiger partial charge >= 0.3 is 0 Å². The summed E-state index contributed by atoms with van der Waals surface area (Å²) in [5.41, 5.74) is 0.929. The van der Waals surface area contributed by atoms with Crippen molar-refractivity contribution in [3.05, 3.63) is 29.8 Å². The molecule has 0 saturated carbocycles. The van der Waals surface area contributed by atoms with E-state index in [1.165, 1.54) is 0 Å². The SMILES string of the molecule is COc1ccc(C(O)C(C)N2CCCC(OC)C2)cc1. The molecule has 0 amide bonds. The Hall–Kier alpha value is -1.10. The van der Waals surface area contributed by atoms with Crippen LogP contribution < -0.4 is 4.74 Å². The highest BCUT2D eigenvalue weighted by molar-refractivity contribution is 5.29. The number of rotatable bonds is 5. The predicted octanol–water partition coefficient (Wildman–Crippen LogP) is 2.23. The van der Waals surface area contributed by atoms with Gasteiger partial charge in [0.1, 0.15) is 5.75 Å². The number of hydrogen-bond donors (Lipinski definition) is 1. The van der Waals surface area contributed by atoms with E-state index in [1.54, 1.807) is 14.2 Å². The standard InChI is InChI=1S/C16H25NO3/c1-12(17-10-4-5-15(11-17)20-3)16(18)13-6-8-14(19-2)9-7-13/h6-9,12,15-16,18H,4-5,10-11H2,1-3H3. The van der Waals surface area contributed by atoms with Crippen LogP contribution in [-0.2, 0) is 4.74 Å². The number of nitrogens with zero attached hydrogens (tertiary/aromatic N) is 1. The van der Waals surface area contributed by atoms with Crippen molar-refractivity contribution in [3.63, 3.8) is 0 Å². The zero-order valence-corrected chi connectivity index (χ0v) is 12.6. The third-order valence-electron chi connectivity index (χ3n) is 4.23. The minimum Gasteiger partial charge on any atom is -0.497 e. The highest BCUT2D eigenvalue weighted by atomic mass is 16.5. The molecule has 4 heteroatoms. The Kier molecular flexibility index (Phi) is 5.40. The van der Waals surface area contributed by atoms with Gasteiger partial charge in [0, 0.05) is 19.7 Å². The molecule has 0 bridgehead atoms. The van der Waals surface area contributed by atoms with Crippen LogP contribution in [0.25, 0.3) is 0 Å². The minimum absolute atomic E-state index is 0.0846. The molecule has 3 atom stereocenters. The van der Waals surface area contributed by atoms with Crippen molar-refractivity contribution in [1.82, 2.24) is 4.90 Å². The molecule has 0 aliphatic carbocycles. The van der Waals surface area contributed by atoms with Gasteiger partial charge in [-0.2, -0.15) is 0 Å².